The highest BCUT2D eigenvalue weighted by atomic mass is 19.4. The Kier molecular flexibility index (Phi) is 7.41. The lowest BCUT2D eigenvalue weighted by atomic mass is 9.99. The number of alkyl halides is 3. The van der Waals surface area contributed by atoms with Crippen LogP contribution in [0.5, 0.6) is 0 Å². The van der Waals surface area contributed by atoms with Crippen molar-refractivity contribution in [2.45, 2.75) is 32.6 Å². The number of aryl methyl sites for hydroxylation is 2. The number of nitrogens with one attached hydrogen (secondary N) is 1. The van der Waals surface area contributed by atoms with Crippen LogP contribution in [-0.4, -0.2) is 70.0 Å². The van der Waals surface area contributed by atoms with Crippen molar-refractivity contribution in [3.8, 4) is 0 Å². The van der Waals surface area contributed by atoms with E-state index in [2.05, 4.69) is 25.4 Å². The number of hydrogen-bond acceptors (Lipinski definition) is 7. The van der Waals surface area contributed by atoms with Crippen molar-refractivity contribution in [1.82, 2.24) is 30.1 Å². The normalized spacial score (nSPS) is 15.7. The second-order valence-corrected chi connectivity index (χ2v) is 9.77. The number of fused-ring (bicyclic) bond motifs is 1. The van der Waals surface area contributed by atoms with Crippen molar-refractivity contribution in [3.05, 3.63) is 80.9 Å². The largest absolute Gasteiger partial charge is 0.416 e. The van der Waals surface area contributed by atoms with E-state index in [9.17, 15) is 18.0 Å². The summed E-state index contributed by atoms with van der Waals surface area (Å²) in [6.45, 7) is 6.67. The Morgan fingerprint density at radius 1 is 1.05 bits per heavy atom. The predicted octanol–water partition coefficient (Wildman–Crippen LogP) is 3.71. The van der Waals surface area contributed by atoms with Gasteiger partial charge in [0.05, 0.1) is 24.2 Å². The zero-order valence-corrected chi connectivity index (χ0v) is 22.0. The van der Waals surface area contributed by atoms with E-state index in [1.165, 1.54) is 12.1 Å². The molecule has 1 N–H and O–H groups in total. The van der Waals surface area contributed by atoms with Crippen LogP contribution in [0, 0.1) is 13.8 Å². The molecule has 0 amide bonds. The van der Waals surface area contributed by atoms with Gasteiger partial charge < -0.3 is 14.6 Å². The van der Waals surface area contributed by atoms with Crippen molar-refractivity contribution in [3.63, 3.8) is 0 Å². The number of pyridine rings is 1. The fraction of sp³-hybridized carbons (Fsp3) is 0.407. The first-order chi connectivity index (χ1) is 18.7. The highest BCUT2D eigenvalue weighted by Gasteiger charge is 2.34. The van der Waals surface area contributed by atoms with Crippen LogP contribution < -0.4 is 10.5 Å². The molecule has 1 saturated heterocycles. The molecule has 206 valence electrons. The van der Waals surface area contributed by atoms with Gasteiger partial charge in [0, 0.05) is 49.9 Å². The molecule has 9 nitrogen and oxygen atoms in total. The Morgan fingerprint density at radius 3 is 2.51 bits per heavy atom. The maximum absolute atomic E-state index is 13.5. The maximum atomic E-state index is 13.5. The van der Waals surface area contributed by atoms with E-state index in [0.717, 1.165) is 28.1 Å². The number of anilines is 1. The summed E-state index contributed by atoms with van der Waals surface area (Å²) in [5.74, 6) is 0.509. The Labute approximate surface area is 223 Å². The van der Waals surface area contributed by atoms with E-state index in [4.69, 9.17) is 4.74 Å². The van der Waals surface area contributed by atoms with Crippen LogP contribution in [0.2, 0.25) is 0 Å². The number of halogens is 3. The van der Waals surface area contributed by atoms with Gasteiger partial charge in [0.25, 0.3) is 5.56 Å². The number of methoxy groups -OCH3 is 1. The third-order valence-electron chi connectivity index (χ3n) is 7.30. The van der Waals surface area contributed by atoms with Gasteiger partial charge in [-0.05, 0) is 59.7 Å². The smallest absolute Gasteiger partial charge is 0.383 e. The van der Waals surface area contributed by atoms with E-state index >= 15 is 0 Å². The summed E-state index contributed by atoms with van der Waals surface area (Å²) in [5, 5.41) is 13.3. The summed E-state index contributed by atoms with van der Waals surface area (Å²) in [4.78, 5) is 20.6. The second kappa shape index (κ2) is 10.8. The molecule has 0 spiro atoms. The lowest BCUT2D eigenvalue weighted by Crippen LogP contribution is -2.49. The summed E-state index contributed by atoms with van der Waals surface area (Å²) < 4.78 is 46.7. The van der Waals surface area contributed by atoms with Crippen molar-refractivity contribution in [1.29, 1.82) is 0 Å². The molecule has 1 atom stereocenters. The van der Waals surface area contributed by atoms with E-state index in [1.54, 1.807) is 17.9 Å². The molecule has 0 radical (unpaired) electrons. The monoisotopic (exact) mass is 541 g/mol. The summed E-state index contributed by atoms with van der Waals surface area (Å²) >= 11 is 0. The summed E-state index contributed by atoms with van der Waals surface area (Å²) in [5.41, 5.74) is 2.90. The van der Waals surface area contributed by atoms with Gasteiger partial charge in [0.2, 0.25) is 0 Å². The van der Waals surface area contributed by atoms with E-state index in [-0.39, 0.29) is 5.56 Å². The minimum absolute atomic E-state index is 0.234. The molecule has 1 fully saturated rings. The van der Waals surface area contributed by atoms with Crippen molar-refractivity contribution in [2.75, 3.05) is 44.8 Å². The van der Waals surface area contributed by atoms with Crippen LogP contribution in [0.4, 0.5) is 18.9 Å². The van der Waals surface area contributed by atoms with Crippen LogP contribution in [0.3, 0.4) is 0 Å². The average molecular weight is 542 g/mol. The molecule has 1 aliphatic rings. The standard InChI is InChI=1S/C27H30F3N7O2/c1-17-7-8-18(2)23-21(17)16-22(26(38)31-23)24(25-32-33-34-37(25)13-14-39-3)36-11-9-35(10-12-36)20-6-4-5-19(15-20)27(28,29)30/h4-8,15-16,24H,9-14H2,1-3H3,(H,31,38)/t24-/m0/s1. The zero-order valence-electron chi connectivity index (χ0n) is 22.0. The third kappa shape index (κ3) is 5.39. The number of tetrazole rings is 1. The third-order valence-corrected chi connectivity index (χ3v) is 7.30. The van der Waals surface area contributed by atoms with Crippen LogP contribution in [0.15, 0.2) is 47.3 Å². The number of aromatic amines is 1. The molecular formula is C27H30F3N7O2. The van der Waals surface area contributed by atoms with E-state index in [0.29, 0.717) is 56.4 Å². The molecule has 5 rings (SSSR count). The van der Waals surface area contributed by atoms with E-state index < -0.39 is 17.8 Å². The van der Waals surface area contributed by atoms with Gasteiger partial charge in [-0.2, -0.15) is 13.2 Å². The quantitative estimate of drug-likeness (QED) is 0.381. The van der Waals surface area contributed by atoms with Crippen LogP contribution in [0.25, 0.3) is 10.9 Å². The maximum Gasteiger partial charge on any atom is 0.416 e. The molecule has 3 heterocycles. The molecular weight excluding hydrogens is 511 g/mol. The first-order valence-corrected chi connectivity index (χ1v) is 12.7. The van der Waals surface area contributed by atoms with Gasteiger partial charge in [-0.25, -0.2) is 4.68 Å². The average Bonchev–Trinajstić information content (AvgIpc) is 3.38. The summed E-state index contributed by atoms with van der Waals surface area (Å²) in [6.07, 6.45) is -4.41. The number of benzene rings is 2. The molecule has 2 aromatic heterocycles. The summed E-state index contributed by atoms with van der Waals surface area (Å²) in [7, 11) is 1.59. The fourth-order valence-electron chi connectivity index (χ4n) is 5.16. The lowest BCUT2D eigenvalue weighted by Gasteiger charge is -2.39. The van der Waals surface area contributed by atoms with Gasteiger partial charge in [-0.15, -0.1) is 5.10 Å². The molecule has 0 unspecified atom stereocenters. The number of piperazine rings is 1. The first kappa shape index (κ1) is 26.8. The number of H-pyrrole nitrogens is 1. The lowest BCUT2D eigenvalue weighted by molar-refractivity contribution is -0.137. The Balaban J connectivity index is 1.51. The van der Waals surface area contributed by atoms with Crippen LogP contribution >= 0.6 is 0 Å². The molecule has 0 bridgehead atoms. The number of nitrogens with zero attached hydrogens (tertiary/aromatic N) is 6. The molecule has 4 aromatic rings. The minimum atomic E-state index is -4.41. The second-order valence-electron chi connectivity index (χ2n) is 9.77. The Morgan fingerprint density at radius 2 is 1.79 bits per heavy atom. The number of aromatic nitrogens is 5. The predicted molar refractivity (Wildman–Crippen MR) is 141 cm³/mol. The minimum Gasteiger partial charge on any atom is -0.383 e. The van der Waals surface area contributed by atoms with E-state index in [1.807, 2.05) is 36.9 Å². The van der Waals surface area contributed by atoms with Crippen molar-refractivity contribution < 1.29 is 17.9 Å². The highest BCUT2D eigenvalue weighted by Crippen LogP contribution is 2.33. The Hall–Kier alpha value is -3.77. The topological polar surface area (TPSA) is 92.2 Å². The van der Waals surface area contributed by atoms with Crippen molar-refractivity contribution in [2.24, 2.45) is 0 Å². The Bertz CT molecular complexity index is 1520. The van der Waals surface area contributed by atoms with Crippen molar-refractivity contribution >= 4 is 16.6 Å². The molecule has 39 heavy (non-hydrogen) atoms. The van der Waals surface area contributed by atoms with Gasteiger partial charge >= 0.3 is 6.18 Å². The SMILES string of the molecule is COCCn1nnnc1[C@H](c1cc2c(C)ccc(C)c2[nH]c1=O)N1CCN(c2cccc(C(F)(F)F)c2)CC1. The molecule has 1 aliphatic heterocycles. The number of ether oxygens (including phenoxy) is 1. The fourth-order valence-corrected chi connectivity index (χ4v) is 5.16. The first-order valence-electron chi connectivity index (χ1n) is 12.7. The van der Waals surface area contributed by atoms with Gasteiger partial charge in [0.15, 0.2) is 5.82 Å². The molecule has 2 aromatic carbocycles. The van der Waals surface area contributed by atoms with Gasteiger partial charge in [0.1, 0.15) is 6.04 Å². The van der Waals surface area contributed by atoms with Gasteiger partial charge in [-0.1, -0.05) is 18.2 Å². The van der Waals surface area contributed by atoms with Crippen LogP contribution in [0.1, 0.15) is 34.1 Å². The summed E-state index contributed by atoms with van der Waals surface area (Å²) in [6, 6.07) is 10.7. The number of hydrogen-bond donors (Lipinski definition) is 1. The van der Waals surface area contributed by atoms with Gasteiger partial charge in [-0.3, -0.25) is 9.69 Å². The zero-order chi connectivity index (χ0) is 27.7. The van der Waals surface area contributed by atoms with Crippen LogP contribution in [-0.2, 0) is 17.5 Å². The highest BCUT2D eigenvalue weighted by molar-refractivity contribution is 5.85. The molecule has 12 heteroatoms. The molecule has 0 aliphatic carbocycles. The molecule has 0 saturated carbocycles. The number of rotatable bonds is 7.